The van der Waals surface area contributed by atoms with Crippen molar-refractivity contribution in [1.82, 2.24) is 10.2 Å². The van der Waals surface area contributed by atoms with Gasteiger partial charge in [0.15, 0.2) is 0 Å². The second-order valence-corrected chi connectivity index (χ2v) is 7.13. The van der Waals surface area contributed by atoms with Crippen LogP contribution in [0.5, 0.6) is 0 Å². The van der Waals surface area contributed by atoms with Crippen LogP contribution in [0.3, 0.4) is 0 Å². The Balaban J connectivity index is 2.71. The summed E-state index contributed by atoms with van der Waals surface area (Å²) in [6, 6.07) is 0. The van der Waals surface area contributed by atoms with E-state index in [1.807, 2.05) is 0 Å². The van der Waals surface area contributed by atoms with E-state index < -0.39 is 12.7 Å². The minimum atomic E-state index is -4.14. The monoisotopic (exact) mass is 310 g/mol. The number of halogens is 3. The largest absolute Gasteiger partial charge is 0.401 e. The molecule has 6 heteroatoms. The van der Waals surface area contributed by atoms with E-state index >= 15 is 0 Å². The molecule has 0 radical (unpaired) electrons. The zero-order valence-electron chi connectivity index (χ0n) is 13.6. The quantitative estimate of drug-likeness (QED) is 0.816. The van der Waals surface area contributed by atoms with Gasteiger partial charge in [-0.2, -0.15) is 13.2 Å². The number of hydrogen-bond acceptors (Lipinski definition) is 3. The van der Waals surface area contributed by atoms with E-state index in [2.05, 4.69) is 26.1 Å². The van der Waals surface area contributed by atoms with Crippen LogP contribution in [-0.4, -0.2) is 56.0 Å². The first-order valence-electron chi connectivity index (χ1n) is 7.67. The molecule has 0 aromatic rings. The fraction of sp³-hybridized carbons (Fsp3) is 1.00. The van der Waals surface area contributed by atoms with Crippen LogP contribution in [0.25, 0.3) is 0 Å². The first kappa shape index (κ1) is 18.7. The molecule has 0 atom stereocenters. The third-order valence-corrected chi connectivity index (χ3v) is 3.96. The molecule has 1 rings (SSSR count). The first-order chi connectivity index (χ1) is 9.55. The van der Waals surface area contributed by atoms with Crippen molar-refractivity contribution in [3.8, 4) is 0 Å². The van der Waals surface area contributed by atoms with Crippen LogP contribution in [-0.2, 0) is 4.74 Å². The van der Waals surface area contributed by atoms with Crippen LogP contribution >= 0.6 is 0 Å². The third-order valence-electron chi connectivity index (χ3n) is 3.96. The SMILES string of the molecule is CCN(CC(F)(F)F)CC1(CNC(C)(C)C)CCOCC1. The van der Waals surface area contributed by atoms with Crippen molar-refractivity contribution in [3.05, 3.63) is 0 Å². The lowest BCUT2D eigenvalue weighted by Crippen LogP contribution is -2.52. The number of nitrogens with one attached hydrogen (secondary N) is 1. The molecule has 3 nitrogen and oxygen atoms in total. The van der Waals surface area contributed by atoms with Crippen LogP contribution in [0.1, 0.15) is 40.5 Å². The van der Waals surface area contributed by atoms with E-state index in [1.54, 1.807) is 6.92 Å². The molecule has 0 aromatic heterocycles. The summed E-state index contributed by atoms with van der Waals surface area (Å²) in [6.07, 6.45) is -2.52. The molecule has 21 heavy (non-hydrogen) atoms. The van der Waals surface area contributed by atoms with Gasteiger partial charge < -0.3 is 10.1 Å². The first-order valence-corrected chi connectivity index (χ1v) is 7.67. The molecule has 0 unspecified atom stereocenters. The van der Waals surface area contributed by atoms with E-state index in [4.69, 9.17) is 4.74 Å². The van der Waals surface area contributed by atoms with Crippen molar-refractivity contribution in [2.45, 2.75) is 52.3 Å². The Labute approximate surface area is 126 Å². The normalized spacial score (nSPS) is 20.0. The molecular weight excluding hydrogens is 281 g/mol. The number of alkyl halides is 3. The Kier molecular flexibility index (Phi) is 6.50. The highest BCUT2D eigenvalue weighted by Gasteiger charge is 2.38. The molecule has 1 aliphatic heterocycles. The summed E-state index contributed by atoms with van der Waals surface area (Å²) < 4.78 is 43.4. The lowest BCUT2D eigenvalue weighted by molar-refractivity contribution is -0.150. The van der Waals surface area contributed by atoms with Gasteiger partial charge in [0.05, 0.1) is 6.54 Å². The number of rotatable bonds is 6. The van der Waals surface area contributed by atoms with Crippen LogP contribution in [0.4, 0.5) is 13.2 Å². The predicted molar refractivity (Wildman–Crippen MR) is 78.4 cm³/mol. The van der Waals surface area contributed by atoms with E-state index in [0.29, 0.717) is 26.3 Å². The van der Waals surface area contributed by atoms with Gasteiger partial charge in [-0.25, -0.2) is 0 Å². The molecule has 1 fully saturated rings. The van der Waals surface area contributed by atoms with E-state index in [9.17, 15) is 13.2 Å². The lowest BCUT2D eigenvalue weighted by Gasteiger charge is -2.42. The number of nitrogens with zero attached hydrogens (tertiary/aromatic N) is 1. The molecule has 126 valence electrons. The summed E-state index contributed by atoms with van der Waals surface area (Å²) >= 11 is 0. The second kappa shape index (κ2) is 7.29. The minimum Gasteiger partial charge on any atom is -0.381 e. The predicted octanol–water partition coefficient (Wildman–Crippen LogP) is 3.06. The maximum Gasteiger partial charge on any atom is 0.401 e. The van der Waals surface area contributed by atoms with Gasteiger partial charge in [-0.1, -0.05) is 6.92 Å². The Morgan fingerprint density at radius 2 is 1.71 bits per heavy atom. The highest BCUT2D eigenvalue weighted by Crippen LogP contribution is 2.32. The Morgan fingerprint density at radius 1 is 1.14 bits per heavy atom. The highest BCUT2D eigenvalue weighted by atomic mass is 19.4. The highest BCUT2D eigenvalue weighted by molar-refractivity contribution is 4.89. The smallest absolute Gasteiger partial charge is 0.381 e. The Morgan fingerprint density at radius 3 is 2.14 bits per heavy atom. The summed E-state index contributed by atoms with van der Waals surface area (Å²) in [4.78, 5) is 1.51. The minimum absolute atomic E-state index is 0.0353. The maximum atomic E-state index is 12.7. The van der Waals surface area contributed by atoms with Crippen molar-refractivity contribution in [1.29, 1.82) is 0 Å². The summed E-state index contributed by atoms with van der Waals surface area (Å²) in [5.41, 5.74) is -0.167. The summed E-state index contributed by atoms with van der Waals surface area (Å²) in [7, 11) is 0. The molecule has 0 bridgehead atoms. The van der Waals surface area contributed by atoms with Crippen LogP contribution in [0.15, 0.2) is 0 Å². The molecule has 0 spiro atoms. The topological polar surface area (TPSA) is 24.5 Å². The van der Waals surface area contributed by atoms with E-state index in [0.717, 1.165) is 19.4 Å². The summed E-state index contributed by atoms with van der Waals surface area (Å²) in [6.45, 7) is 10.1. The molecule has 1 N–H and O–H groups in total. The number of ether oxygens (including phenoxy) is 1. The molecule has 0 aromatic carbocycles. The standard InChI is InChI=1S/C15H29F3N2O/c1-5-20(12-15(16,17)18)11-14(6-8-21-9-7-14)10-19-13(2,3)4/h19H,5-12H2,1-4H3. The van der Waals surface area contributed by atoms with Gasteiger partial charge >= 0.3 is 6.18 Å². The molecule has 0 amide bonds. The van der Waals surface area contributed by atoms with Crippen molar-refractivity contribution >= 4 is 0 Å². The fourth-order valence-corrected chi connectivity index (χ4v) is 2.66. The van der Waals surface area contributed by atoms with Crippen molar-refractivity contribution < 1.29 is 17.9 Å². The van der Waals surface area contributed by atoms with E-state index in [-0.39, 0.29) is 11.0 Å². The molecule has 1 heterocycles. The van der Waals surface area contributed by atoms with Gasteiger partial charge in [0.1, 0.15) is 0 Å². The zero-order valence-corrected chi connectivity index (χ0v) is 13.6. The fourth-order valence-electron chi connectivity index (χ4n) is 2.66. The maximum absolute atomic E-state index is 12.7. The zero-order chi connectivity index (χ0) is 16.1. The van der Waals surface area contributed by atoms with Crippen LogP contribution in [0, 0.1) is 5.41 Å². The summed E-state index contributed by atoms with van der Waals surface area (Å²) in [5, 5.41) is 3.46. The molecule has 1 saturated heterocycles. The second-order valence-electron chi connectivity index (χ2n) is 7.13. The average molecular weight is 310 g/mol. The molecular formula is C15H29F3N2O. The van der Waals surface area contributed by atoms with Gasteiger partial charge in [-0.3, -0.25) is 4.90 Å². The molecule has 1 aliphatic rings. The van der Waals surface area contributed by atoms with Crippen molar-refractivity contribution in [2.24, 2.45) is 5.41 Å². The van der Waals surface area contributed by atoms with Crippen LogP contribution < -0.4 is 5.32 Å². The van der Waals surface area contributed by atoms with Crippen molar-refractivity contribution in [3.63, 3.8) is 0 Å². The third kappa shape index (κ3) is 7.47. The number of hydrogen-bond donors (Lipinski definition) is 1. The molecule has 0 aliphatic carbocycles. The van der Waals surface area contributed by atoms with Crippen molar-refractivity contribution in [2.75, 3.05) is 39.4 Å². The summed E-state index contributed by atoms with van der Waals surface area (Å²) in [5.74, 6) is 0. The molecule has 0 saturated carbocycles. The van der Waals surface area contributed by atoms with Gasteiger partial charge in [-0.05, 0) is 45.6 Å². The van der Waals surface area contributed by atoms with Crippen LogP contribution in [0.2, 0.25) is 0 Å². The lowest BCUT2D eigenvalue weighted by atomic mass is 9.79. The Bertz CT molecular complexity index is 307. The average Bonchev–Trinajstić information content (AvgIpc) is 2.34. The van der Waals surface area contributed by atoms with E-state index in [1.165, 1.54) is 4.90 Å². The van der Waals surface area contributed by atoms with Gasteiger partial charge in [0, 0.05) is 31.8 Å². The van der Waals surface area contributed by atoms with Gasteiger partial charge in [0.25, 0.3) is 0 Å². The van der Waals surface area contributed by atoms with Gasteiger partial charge in [-0.15, -0.1) is 0 Å². The van der Waals surface area contributed by atoms with Gasteiger partial charge in [0.2, 0.25) is 0 Å². The Hall–Kier alpha value is -0.330.